The lowest BCUT2D eigenvalue weighted by Crippen LogP contribution is -2.64. The van der Waals surface area contributed by atoms with Crippen LogP contribution in [-0.4, -0.2) is 78.7 Å². The first-order chi connectivity index (χ1) is 15.8. The van der Waals surface area contributed by atoms with Crippen LogP contribution in [0, 0.1) is 0 Å². The quantitative estimate of drug-likeness (QED) is 0.324. The van der Waals surface area contributed by atoms with Crippen LogP contribution in [0.2, 0.25) is 0 Å². The van der Waals surface area contributed by atoms with Gasteiger partial charge in [-0.25, -0.2) is 5.48 Å². The van der Waals surface area contributed by atoms with Crippen LogP contribution in [-0.2, 0) is 20.9 Å². The molecule has 0 aliphatic carbocycles. The van der Waals surface area contributed by atoms with E-state index in [0.717, 1.165) is 54.5 Å². The SMILES string of the molecule is CNC(=O)[C@@](C)(C(=O)NO)N(C)C(=O)c1ccc(-c2coc(CN3CCCOCC3)c2)cc1. The molecule has 10 nitrogen and oxygen atoms in total. The molecular formula is C23H30N4O6. The van der Waals surface area contributed by atoms with Crippen molar-refractivity contribution in [1.29, 1.82) is 0 Å². The second-order valence-corrected chi connectivity index (χ2v) is 8.08. The van der Waals surface area contributed by atoms with Gasteiger partial charge in [0.15, 0.2) is 5.54 Å². The van der Waals surface area contributed by atoms with Gasteiger partial charge in [0.1, 0.15) is 5.76 Å². The van der Waals surface area contributed by atoms with Gasteiger partial charge >= 0.3 is 0 Å². The fraction of sp³-hybridized carbons (Fsp3) is 0.435. The van der Waals surface area contributed by atoms with E-state index in [1.165, 1.54) is 26.5 Å². The predicted molar refractivity (Wildman–Crippen MR) is 119 cm³/mol. The van der Waals surface area contributed by atoms with Gasteiger partial charge in [0.2, 0.25) is 0 Å². The number of amides is 3. The minimum Gasteiger partial charge on any atom is -0.467 e. The van der Waals surface area contributed by atoms with Crippen molar-refractivity contribution in [3.63, 3.8) is 0 Å². The molecule has 3 amide bonds. The Morgan fingerprint density at radius 1 is 1.12 bits per heavy atom. The summed E-state index contributed by atoms with van der Waals surface area (Å²) in [6, 6.07) is 8.77. The van der Waals surface area contributed by atoms with Gasteiger partial charge in [-0.15, -0.1) is 0 Å². The van der Waals surface area contributed by atoms with Crippen LogP contribution >= 0.6 is 0 Å². The molecule has 0 spiro atoms. The van der Waals surface area contributed by atoms with Crippen molar-refractivity contribution in [3.05, 3.63) is 47.9 Å². The third-order valence-electron chi connectivity index (χ3n) is 6.00. The Balaban J connectivity index is 1.73. The maximum Gasteiger partial charge on any atom is 0.278 e. The maximum absolute atomic E-state index is 13.0. The first kappa shape index (κ1) is 24.4. The van der Waals surface area contributed by atoms with E-state index in [-0.39, 0.29) is 5.56 Å². The first-order valence-corrected chi connectivity index (χ1v) is 10.7. The molecule has 2 heterocycles. The fourth-order valence-electron chi connectivity index (χ4n) is 3.75. The number of furan rings is 1. The van der Waals surface area contributed by atoms with Gasteiger partial charge < -0.3 is 19.4 Å². The fourth-order valence-corrected chi connectivity index (χ4v) is 3.75. The highest BCUT2D eigenvalue weighted by molar-refractivity contribution is 6.12. The molecule has 1 atom stereocenters. The maximum atomic E-state index is 13.0. The van der Waals surface area contributed by atoms with E-state index in [1.807, 2.05) is 6.07 Å². The van der Waals surface area contributed by atoms with Crippen molar-refractivity contribution in [2.75, 3.05) is 40.4 Å². The average molecular weight is 459 g/mol. The molecular weight excluding hydrogens is 428 g/mol. The number of nitrogens with zero attached hydrogens (tertiary/aromatic N) is 2. The Labute approximate surface area is 192 Å². The van der Waals surface area contributed by atoms with E-state index in [9.17, 15) is 14.4 Å². The Morgan fingerprint density at radius 3 is 2.52 bits per heavy atom. The Kier molecular flexibility index (Phi) is 7.85. The summed E-state index contributed by atoms with van der Waals surface area (Å²) in [5.41, 5.74) is 1.57. The molecule has 178 valence electrons. The number of nitrogens with one attached hydrogen (secondary N) is 2. The van der Waals surface area contributed by atoms with Crippen molar-refractivity contribution in [2.24, 2.45) is 0 Å². The highest BCUT2D eigenvalue weighted by Gasteiger charge is 2.47. The first-order valence-electron chi connectivity index (χ1n) is 10.7. The van der Waals surface area contributed by atoms with Crippen LogP contribution in [0.3, 0.4) is 0 Å². The van der Waals surface area contributed by atoms with Gasteiger partial charge in [0.05, 0.1) is 19.4 Å². The van der Waals surface area contributed by atoms with E-state index >= 15 is 0 Å². The summed E-state index contributed by atoms with van der Waals surface area (Å²) >= 11 is 0. The van der Waals surface area contributed by atoms with Crippen molar-refractivity contribution in [3.8, 4) is 11.1 Å². The Morgan fingerprint density at radius 2 is 1.85 bits per heavy atom. The lowest BCUT2D eigenvalue weighted by molar-refractivity contribution is -0.148. The highest BCUT2D eigenvalue weighted by atomic mass is 16.5. The lowest BCUT2D eigenvalue weighted by Gasteiger charge is -2.34. The number of hydrogen-bond donors (Lipinski definition) is 3. The van der Waals surface area contributed by atoms with Gasteiger partial charge in [-0.1, -0.05) is 12.1 Å². The Bertz CT molecular complexity index is 963. The summed E-state index contributed by atoms with van der Waals surface area (Å²) < 4.78 is 11.2. The molecule has 1 fully saturated rings. The summed E-state index contributed by atoms with van der Waals surface area (Å²) in [6.45, 7) is 5.29. The van der Waals surface area contributed by atoms with Crippen LogP contribution < -0.4 is 10.8 Å². The highest BCUT2D eigenvalue weighted by Crippen LogP contribution is 2.25. The zero-order valence-corrected chi connectivity index (χ0v) is 19.1. The molecule has 2 aromatic rings. The van der Waals surface area contributed by atoms with E-state index in [0.29, 0.717) is 6.54 Å². The minimum absolute atomic E-state index is 0.287. The number of rotatable bonds is 7. The van der Waals surface area contributed by atoms with Gasteiger partial charge in [0.25, 0.3) is 17.7 Å². The van der Waals surface area contributed by atoms with Crippen molar-refractivity contribution in [2.45, 2.75) is 25.4 Å². The van der Waals surface area contributed by atoms with Crippen molar-refractivity contribution in [1.82, 2.24) is 20.6 Å². The summed E-state index contributed by atoms with van der Waals surface area (Å²) in [6.07, 6.45) is 2.68. The summed E-state index contributed by atoms with van der Waals surface area (Å²) in [5, 5.41) is 11.4. The van der Waals surface area contributed by atoms with Crippen molar-refractivity contribution < 1.29 is 28.7 Å². The summed E-state index contributed by atoms with van der Waals surface area (Å²) in [4.78, 5) is 40.8. The molecule has 0 saturated carbocycles. The largest absolute Gasteiger partial charge is 0.467 e. The van der Waals surface area contributed by atoms with Crippen LogP contribution in [0.4, 0.5) is 0 Å². The van der Waals surface area contributed by atoms with Crippen LogP contribution in [0.5, 0.6) is 0 Å². The second kappa shape index (κ2) is 10.6. The standard InChI is InChI=1S/C23H30N4O6/c1-23(21(29)24-2,22(30)25-31)26(3)20(28)17-7-5-16(6-8-17)18-13-19(33-15-18)14-27-9-4-11-32-12-10-27/h5-8,13,15,31H,4,9-12,14H2,1-3H3,(H,24,29)(H,25,30)/t23-/m0/s1. The molecule has 0 unspecified atom stereocenters. The second-order valence-electron chi connectivity index (χ2n) is 8.08. The number of likely N-dealkylation sites (N-methyl/N-ethyl adjacent to an activating group) is 2. The molecule has 0 radical (unpaired) electrons. The van der Waals surface area contributed by atoms with E-state index < -0.39 is 23.3 Å². The van der Waals surface area contributed by atoms with E-state index in [1.54, 1.807) is 30.5 Å². The summed E-state index contributed by atoms with van der Waals surface area (Å²) in [5.74, 6) is -1.45. The zero-order chi connectivity index (χ0) is 24.0. The molecule has 10 heteroatoms. The molecule has 1 aromatic heterocycles. The third-order valence-corrected chi connectivity index (χ3v) is 6.00. The molecule has 3 N–H and O–H groups in total. The van der Waals surface area contributed by atoms with Crippen LogP contribution in [0.15, 0.2) is 41.0 Å². The Hall–Kier alpha value is -3.21. The topological polar surface area (TPSA) is 124 Å². The molecule has 1 saturated heterocycles. The lowest BCUT2D eigenvalue weighted by atomic mass is 9.96. The van der Waals surface area contributed by atoms with E-state index in [2.05, 4.69) is 10.2 Å². The van der Waals surface area contributed by atoms with Crippen LogP contribution in [0.25, 0.3) is 11.1 Å². The summed E-state index contributed by atoms with van der Waals surface area (Å²) in [7, 11) is 2.68. The molecule has 33 heavy (non-hydrogen) atoms. The van der Waals surface area contributed by atoms with Gasteiger partial charge in [-0.2, -0.15) is 0 Å². The molecule has 1 aliphatic heterocycles. The number of carbonyl (C=O) groups is 3. The zero-order valence-electron chi connectivity index (χ0n) is 19.1. The molecule has 3 rings (SSSR count). The number of ether oxygens (including phenoxy) is 1. The monoisotopic (exact) mass is 458 g/mol. The van der Waals surface area contributed by atoms with E-state index in [4.69, 9.17) is 14.4 Å². The number of hydrogen-bond acceptors (Lipinski definition) is 7. The average Bonchev–Trinajstić information content (AvgIpc) is 3.16. The van der Waals surface area contributed by atoms with Gasteiger partial charge in [-0.3, -0.25) is 24.5 Å². The third kappa shape index (κ3) is 5.24. The van der Waals surface area contributed by atoms with Gasteiger partial charge in [0, 0.05) is 44.9 Å². The molecule has 0 bridgehead atoms. The normalized spacial score (nSPS) is 16.4. The number of benzene rings is 1. The van der Waals surface area contributed by atoms with Crippen molar-refractivity contribution >= 4 is 17.7 Å². The number of hydroxylamine groups is 1. The minimum atomic E-state index is -1.93. The predicted octanol–water partition coefficient (Wildman–Crippen LogP) is 1.25. The molecule has 1 aromatic carbocycles. The number of carbonyl (C=O) groups excluding carboxylic acids is 3. The van der Waals surface area contributed by atoms with Gasteiger partial charge in [-0.05, 0) is 37.1 Å². The smallest absolute Gasteiger partial charge is 0.278 e. The molecule has 1 aliphatic rings. The van der Waals surface area contributed by atoms with Crippen LogP contribution in [0.1, 0.15) is 29.5 Å².